The Morgan fingerprint density at radius 1 is 1.65 bits per heavy atom. The highest BCUT2D eigenvalue weighted by molar-refractivity contribution is 8.00. The van der Waals surface area contributed by atoms with Crippen LogP contribution in [0.2, 0.25) is 0 Å². The number of fused-ring (bicyclic) bond motifs is 1. The van der Waals surface area contributed by atoms with E-state index in [1.807, 2.05) is 6.07 Å². The average Bonchev–Trinajstić information content (AvgIpc) is 2.43. The average molecular weight is 313 g/mol. The smallest absolute Gasteiger partial charge is 0.352 e. The first-order valence-electron chi connectivity index (χ1n) is 5.68. The molecule has 1 fully saturated rings. The van der Waals surface area contributed by atoms with Gasteiger partial charge in [-0.05, 0) is 6.08 Å². The zero-order valence-corrected chi connectivity index (χ0v) is 11.9. The summed E-state index contributed by atoms with van der Waals surface area (Å²) in [6, 6.07) is 1.23. The summed E-state index contributed by atoms with van der Waals surface area (Å²) in [5.74, 6) is -1.06. The van der Waals surface area contributed by atoms with Gasteiger partial charge < -0.3 is 10.4 Å². The maximum absolute atomic E-state index is 11.9. The van der Waals surface area contributed by atoms with Crippen LogP contribution in [-0.4, -0.2) is 56.5 Å². The number of nitrogens with zero attached hydrogens (tertiary/aromatic N) is 2. The summed E-state index contributed by atoms with van der Waals surface area (Å²) < 4.78 is 0. The topological polar surface area (TPSA) is 111 Å². The van der Waals surface area contributed by atoms with Crippen molar-refractivity contribution >= 4 is 41.3 Å². The molecule has 20 heavy (non-hydrogen) atoms. The van der Waals surface area contributed by atoms with Crippen LogP contribution in [0.3, 0.4) is 0 Å². The van der Waals surface area contributed by atoms with Crippen LogP contribution < -0.4 is 5.32 Å². The number of carboxylic acids is 1. The lowest BCUT2D eigenvalue weighted by Crippen LogP contribution is -2.70. The Balaban J connectivity index is 1.93. The Labute approximate surface area is 123 Å². The number of nitrogens with one attached hydrogen (secondary N) is 1. The van der Waals surface area contributed by atoms with Crippen molar-refractivity contribution in [1.29, 1.82) is 5.26 Å². The number of carboxylic acid groups (broad SMARTS) is 1. The molecule has 1 unspecified atom stereocenters. The van der Waals surface area contributed by atoms with Gasteiger partial charge in [0, 0.05) is 5.75 Å². The molecule has 2 rings (SSSR count). The van der Waals surface area contributed by atoms with Gasteiger partial charge >= 0.3 is 5.97 Å². The molecule has 7 nitrogen and oxygen atoms in total. The monoisotopic (exact) mass is 313 g/mol. The van der Waals surface area contributed by atoms with E-state index in [1.165, 1.54) is 22.7 Å². The number of hydrogen-bond acceptors (Lipinski definition) is 6. The Bertz CT molecular complexity index is 528. The van der Waals surface area contributed by atoms with E-state index >= 15 is 0 Å². The predicted molar refractivity (Wildman–Crippen MR) is 73.7 cm³/mol. The Morgan fingerprint density at radius 3 is 3.05 bits per heavy atom. The van der Waals surface area contributed by atoms with Crippen LogP contribution in [0, 0.1) is 11.3 Å². The molecule has 9 heteroatoms. The fourth-order valence-corrected chi connectivity index (χ4v) is 3.60. The fourth-order valence-electron chi connectivity index (χ4n) is 1.94. The minimum atomic E-state index is -1.14. The molecule has 0 aromatic heterocycles. The number of hydrogen-bond donors (Lipinski definition) is 2. The van der Waals surface area contributed by atoms with Gasteiger partial charge in [-0.15, -0.1) is 23.5 Å². The molecule has 2 aliphatic rings. The maximum Gasteiger partial charge on any atom is 0.352 e. The molecule has 2 heterocycles. The first-order valence-corrected chi connectivity index (χ1v) is 7.88. The van der Waals surface area contributed by atoms with E-state index in [2.05, 4.69) is 5.32 Å². The van der Waals surface area contributed by atoms with E-state index in [-0.39, 0.29) is 28.5 Å². The first kappa shape index (κ1) is 14.7. The third kappa shape index (κ3) is 2.76. The van der Waals surface area contributed by atoms with Gasteiger partial charge in [-0.2, -0.15) is 5.26 Å². The molecule has 0 radical (unpaired) electrons. The number of β-lactam (4-membered cyclic amide) rings is 1. The SMILES string of the molecule is N#CCSCC(=O)NC1C(=O)N2C(C(=O)O)=CCS[C@H]12. The minimum Gasteiger partial charge on any atom is -0.477 e. The number of rotatable bonds is 5. The minimum absolute atomic E-state index is 0.0249. The van der Waals surface area contributed by atoms with Crippen LogP contribution in [0.4, 0.5) is 0 Å². The third-order valence-electron chi connectivity index (χ3n) is 2.78. The molecule has 2 atom stereocenters. The van der Waals surface area contributed by atoms with Crippen LogP contribution in [0.25, 0.3) is 0 Å². The first-order chi connectivity index (χ1) is 9.56. The third-order valence-corrected chi connectivity index (χ3v) is 4.76. The van der Waals surface area contributed by atoms with Crippen molar-refractivity contribution in [3.05, 3.63) is 11.8 Å². The molecule has 0 spiro atoms. The number of amides is 2. The zero-order chi connectivity index (χ0) is 14.7. The summed E-state index contributed by atoms with van der Waals surface area (Å²) in [5.41, 5.74) is -0.0249. The molecule has 0 aliphatic carbocycles. The number of carbonyl (C=O) groups is 3. The van der Waals surface area contributed by atoms with E-state index in [4.69, 9.17) is 10.4 Å². The standard InChI is InChI=1S/C11H11N3O4S2/c12-2-4-19-5-7(15)13-8-9(16)14-6(11(17)18)1-3-20-10(8)14/h1,8,10H,3-5H2,(H,13,15)(H,17,18)/t8?,10-/m1/s1. The second kappa shape index (κ2) is 6.19. The van der Waals surface area contributed by atoms with Crippen molar-refractivity contribution < 1.29 is 19.5 Å². The van der Waals surface area contributed by atoms with Crippen molar-refractivity contribution in [2.45, 2.75) is 11.4 Å². The second-order valence-electron chi connectivity index (χ2n) is 4.02. The highest BCUT2D eigenvalue weighted by Gasteiger charge is 2.52. The van der Waals surface area contributed by atoms with Crippen LogP contribution >= 0.6 is 23.5 Å². The van der Waals surface area contributed by atoms with Crippen LogP contribution in [0.1, 0.15) is 0 Å². The molecule has 1 saturated heterocycles. The molecule has 0 bridgehead atoms. The molecule has 2 aliphatic heterocycles. The Morgan fingerprint density at radius 2 is 2.40 bits per heavy atom. The van der Waals surface area contributed by atoms with E-state index in [9.17, 15) is 14.4 Å². The highest BCUT2D eigenvalue weighted by atomic mass is 32.2. The lowest BCUT2D eigenvalue weighted by molar-refractivity contribution is -0.150. The van der Waals surface area contributed by atoms with Gasteiger partial charge in [0.25, 0.3) is 5.91 Å². The molecular weight excluding hydrogens is 302 g/mol. The van der Waals surface area contributed by atoms with Crippen molar-refractivity contribution in [3.63, 3.8) is 0 Å². The van der Waals surface area contributed by atoms with Crippen molar-refractivity contribution in [2.75, 3.05) is 17.3 Å². The fraction of sp³-hybridized carbons (Fsp3) is 0.455. The molecule has 0 aromatic carbocycles. The van der Waals surface area contributed by atoms with Gasteiger partial charge in [0.05, 0.1) is 17.6 Å². The summed E-state index contributed by atoms with van der Waals surface area (Å²) >= 11 is 2.57. The van der Waals surface area contributed by atoms with E-state index in [0.717, 1.165) is 11.8 Å². The number of carbonyl (C=O) groups excluding carboxylic acids is 2. The lowest BCUT2D eigenvalue weighted by Gasteiger charge is -2.48. The van der Waals surface area contributed by atoms with Crippen LogP contribution in [-0.2, 0) is 14.4 Å². The maximum atomic E-state index is 11.9. The van der Waals surface area contributed by atoms with Crippen LogP contribution in [0.15, 0.2) is 11.8 Å². The van der Waals surface area contributed by atoms with Gasteiger partial charge in [-0.1, -0.05) is 0 Å². The number of aliphatic carboxylic acids is 1. The van der Waals surface area contributed by atoms with E-state index in [0.29, 0.717) is 5.75 Å². The van der Waals surface area contributed by atoms with E-state index < -0.39 is 17.9 Å². The largest absolute Gasteiger partial charge is 0.477 e. The van der Waals surface area contributed by atoms with Gasteiger partial charge in [-0.3, -0.25) is 14.5 Å². The summed E-state index contributed by atoms with van der Waals surface area (Å²) in [7, 11) is 0. The van der Waals surface area contributed by atoms with Crippen molar-refractivity contribution in [2.24, 2.45) is 0 Å². The van der Waals surface area contributed by atoms with Crippen molar-refractivity contribution in [1.82, 2.24) is 10.2 Å². The normalized spacial score (nSPS) is 24.1. The summed E-state index contributed by atoms with van der Waals surface area (Å²) in [5, 5.41) is 19.6. The molecule has 0 aromatic rings. The van der Waals surface area contributed by atoms with Crippen molar-refractivity contribution in [3.8, 4) is 6.07 Å². The number of thioether (sulfide) groups is 2. The quantitative estimate of drug-likeness (QED) is 0.525. The van der Waals surface area contributed by atoms with E-state index in [1.54, 1.807) is 0 Å². The summed E-state index contributed by atoms with van der Waals surface area (Å²) in [6.07, 6.45) is 1.49. The second-order valence-corrected chi connectivity index (χ2v) is 6.16. The van der Waals surface area contributed by atoms with Gasteiger partial charge in [0.15, 0.2) is 0 Å². The molecule has 2 amide bonds. The molecule has 106 valence electrons. The Hall–Kier alpha value is -1.66. The molecular formula is C11H11N3O4S2. The van der Waals surface area contributed by atoms with Gasteiger partial charge in [0.1, 0.15) is 17.1 Å². The molecule has 2 N–H and O–H groups in total. The van der Waals surface area contributed by atoms with Gasteiger partial charge in [-0.25, -0.2) is 4.79 Å². The summed E-state index contributed by atoms with van der Waals surface area (Å²) in [6.45, 7) is 0. The van der Waals surface area contributed by atoms with Crippen LogP contribution in [0.5, 0.6) is 0 Å². The zero-order valence-electron chi connectivity index (χ0n) is 10.2. The highest BCUT2D eigenvalue weighted by Crippen LogP contribution is 2.37. The predicted octanol–water partition coefficient (Wildman–Crippen LogP) is -0.388. The number of nitriles is 1. The molecule has 0 saturated carbocycles. The summed E-state index contributed by atoms with van der Waals surface area (Å²) in [4.78, 5) is 35.7. The van der Waals surface area contributed by atoms with Gasteiger partial charge in [0.2, 0.25) is 5.91 Å². The Kier molecular flexibility index (Phi) is 4.57. The lowest BCUT2D eigenvalue weighted by atomic mass is 10.1.